The number of carbonyl (C=O) groups is 1. The van der Waals surface area contributed by atoms with E-state index in [2.05, 4.69) is 175 Å². The van der Waals surface area contributed by atoms with Gasteiger partial charge in [-0.2, -0.15) is 0 Å². The summed E-state index contributed by atoms with van der Waals surface area (Å²) in [7, 11) is -0.308. The second-order valence-electron chi connectivity index (χ2n) is 24.9. The maximum atomic E-state index is 12.3. The lowest BCUT2D eigenvalue weighted by Crippen LogP contribution is -2.51. The number of nitrogens with two attached hydrogens (primary N) is 3. The third-order valence-electron chi connectivity index (χ3n) is 18.2. The van der Waals surface area contributed by atoms with Crippen molar-refractivity contribution in [1.29, 1.82) is 0 Å². The van der Waals surface area contributed by atoms with Crippen molar-refractivity contribution in [3.05, 3.63) is 102 Å². The first-order chi connectivity index (χ1) is 40.7. The number of imidazole rings is 2. The third-order valence-corrected chi connectivity index (χ3v) is 19.1. The molecule has 8 aromatic rings. The molecule has 24 nitrogen and oxygen atoms in total. The molecule has 0 radical (unpaired) electrons. The van der Waals surface area contributed by atoms with Crippen LogP contribution in [0.15, 0.2) is 122 Å². The van der Waals surface area contributed by atoms with Gasteiger partial charge in [0.15, 0.2) is 5.65 Å². The highest BCUT2D eigenvalue weighted by molar-refractivity contribution is 9.10. The molecule has 2 saturated carbocycles. The van der Waals surface area contributed by atoms with Crippen LogP contribution < -0.4 is 38.0 Å². The van der Waals surface area contributed by atoms with E-state index >= 15 is 0 Å². The SMILES string of the molecule is CC1(C)OB(c2cccc3cc[nH]c23)OC1(C)C.Cc1nc(N2CCC3(CCC[C@H]3N)CC2)n2ccnc2c1-c1cccc2cc[nH]c12.Cc1nc(N2CCC3(CCC[C@H]3NC(=O)OC(C)(C)C)CC2)n2ccnc2c1Br.N/N=N/N=N/N=N/N. The Bertz CT molecular complexity index is 3690. The van der Waals surface area contributed by atoms with Crippen LogP contribution in [0, 0.1) is 24.7 Å². The number of aromatic nitrogens is 8. The van der Waals surface area contributed by atoms with E-state index in [0.29, 0.717) is 11.5 Å². The molecule has 6 aromatic heterocycles. The molecule has 2 aromatic carbocycles. The molecule has 0 bridgehead atoms. The van der Waals surface area contributed by atoms with Crippen LogP contribution >= 0.6 is 15.9 Å². The van der Waals surface area contributed by atoms with Gasteiger partial charge in [-0.1, -0.05) is 59.7 Å². The van der Waals surface area contributed by atoms with Crippen molar-refractivity contribution in [2.75, 3.05) is 36.0 Å². The molecule has 85 heavy (non-hydrogen) atoms. The molecule has 2 spiro atoms. The molecule has 2 aliphatic carbocycles. The van der Waals surface area contributed by atoms with Gasteiger partial charge in [-0.15, -0.1) is 0 Å². The predicted octanol–water partition coefficient (Wildman–Crippen LogP) is 11.1. The molecule has 9 heterocycles. The number of H-pyrrole nitrogens is 2. The fourth-order valence-electron chi connectivity index (χ4n) is 13.0. The molecule has 5 aliphatic rings. The van der Waals surface area contributed by atoms with Gasteiger partial charge in [0.05, 0.1) is 32.6 Å². The van der Waals surface area contributed by atoms with E-state index in [1.807, 2.05) is 70.9 Å². The molecule has 13 rings (SSSR count). The number of halogens is 1. The van der Waals surface area contributed by atoms with Crippen molar-refractivity contribution < 1.29 is 18.8 Å². The van der Waals surface area contributed by atoms with Crippen LogP contribution in [-0.2, 0) is 14.0 Å². The van der Waals surface area contributed by atoms with Crippen molar-refractivity contribution in [2.24, 2.45) is 59.6 Å². The topological polar surface area (TPSA) is 307 Å². The number of rotatable bonds is 7. The number of nitrogens with zero attached hydrogens (tertiary/aromatic N) is 14. The quantitative estimate of drug-likeness (QED) is 0.0375. The fourth-order valence-corrected chi connectivity index (χ4v) is 13.4. The van der Waals surface area contributed by atoms with Gasteiger partial charge in [-0.05, 0) is 184 Å². The van der Waals surface area contributed by atoms with Gasteiger partial charge in [-0.3, -0.25) is 8.80 Å². The van der Waals surface area contributed by atoms with E-state index in [1.165, 1.54) is 30.0 Å². The summed E-state index contributed by atoms with van der Waals surface area (Å²) in [6, 6.07) is 17.3. The first kappa shape index (κ1) is 60.6. The number of hydrogen-bond donors (Lipinski definition) is 6. The molecule has 3 saturated heterocycles. The Kier molecular flexibility index (Phi) is 17.7. The highest BCUT2D eigenvalue weighted by Gasteiger charge is 2.52. The number of para-hydroxylation sites is 2. The second-order valence-corrected chi connectivity index (χ2v) is 25.7. The van der Waals surface area contributed by atoms with Gasteiger partial charge < -0.3 is 56.5 Å². The average molecular weight is 1220 g/mol. The van der Waals surface area contributed by atoms with Crippen LogP contribution in [0.5, 0.6) is 0 Å². The van der Waals surface area contributed by atoms with Crippen molar-refractivity contribution in [3.8, 4) is 11.1 Å². The Morgan fingerprint density at radius 2 is 1.25 bits per heavy atom. The Balaban J connectivity index is 0.000000136. The molecule has 3 aliphatic heterocycles. The molecule has 26 heteroatoms. The highest BCUT2D eigenvalue weighted by atomic mass is 79.9. The zero-order valence-corrected chi connectivity index (χ0v) is 51.8. The normalized spacial score (nSPS) is 20.7. The summed E-state index contributed by atoms with van der Waals surface area (Å²) in [6.07, 6.45) is 22.8. The average Bonchev–Trinajstić information content (AvgIpc) is 3.65. The lowest BCUT2D eigenvalue weighted by atomic mass is 9.74. The van der Waals surface area contributed by atoms with Crippen LogP contribution in [0.25, 0.3) is 44.2 Å². The molecular weight excluding hydrogens is 1140 g/mol. The van der Waals surface area contributed by atoms with Crippen molar-refractivity contribution in [3.63, 3.8) is 0 Å². The van der Waals surface area contributed by atoms with E-state index in [9.17, 15) is 4.79 Å². The van der Waals surface area contributed by atoms with E-state index in [4.69, 9.17) is 34.7 Å². The number of nitrogens with one attached hydrogen (secondary N) is 3. The summed E-state index contributed by atoms with van der Waals surface area (Å²) in [5, 5.41) is 22.5. The van der Waals surface area contributed by atoms with Crippen LogP contribution in [0.2, 0.25) is 0 Å². The minimum atomic E-state index is -0.472. The Morgan fingerprint density at radius 3 is 1.84 bits per heavy atom. The van der Waals surface area contributed by atoms with Crippen LogP contribution in [0.1, 0.15) is 124 Å². The Hall–Kier alpha value is -7.55. The van der Waals surface area contributed by atoms with Gasteiger partial charge in [0.1, 0.15) is 11.2 Å². The smallest absolute Gasteiger partial charge is 0.444 e. The third kappa shape index (κ3) is 12.6. The van der Waals surface area contributed by atoms with E-state index in [-0.39, 0.29) is 35.9 Å². The van der Waals surface area contributed by atoms with Gasteiger partial charge in [0.25, 0.3) is 0 Å². The number of fused-ring (bicyclic) bond motifs is 4. The number of aryl methyl sites for hydroxylation is 2. The number of amides is 1. The number of alkyl carbamates (subject to hydrolysis) is 1. The first-order valence-corrected chi connectivity index (χ1v) is 30.1. The molecule has 2 atom stereocenters. The summed E-state index contributed by atoms with van der Waals surface area (Å²) in [6.45, 7) is 22.0. The van der Waals surface area contributed by atoms with Crippen LogP contribution in [0.3, 0.4) is 0 Å². The van der Waals surface area contributed by atoms with Crippen molar-refractivity contribution in [1.82, 2.24) is 44.0 Å². The number of hydrogen-bond acceptors (Lipinski definition) is 13. The minimum absolute atomic E-state index is 0.159. The first-order valence-electron chi connectivity index (χ1n) is 29.3. The number of anilines is 2. The standard InChI is InChI=1S/C24H28N6.C21H30BrN5O2.C14H18BNO2.H4N8/c1-16-20(18-5-2-4-17-7-11-26-21(17)18)22-27-12-15-30(22)23(28-16)29-13-9-24(10-14-29)8-3-6-19(24)25;1-14-16(22)17-23-10-13-27(17)18(24-14)26-11-8-21(9-12-26)7-5-6-15(21)25-19(28)29-20(2,3)4;1-13(2)14(3,4)18-15(17-13)11-7-5-6-10-8-9-16-12(10)11;1-3-5-7-8-6-4-2/h2,4-5,7,11-12,15,19,26H,3,6,8-10,13-14,25H2,1H3;10,13,15H,5-9,11-12H2,1-4H3,(H,25,28);5-9,16H,1-4H3;(H2,1,4,5,8)(H2,2,3,6,7)/t19-;15-;;/m11../s1. The lowest BCUT2D eigenvalue weighted by Gasteiger charge is -2.43. The zero-order valence-electron chi connectivity index (χ0n) is 50.2. The maximum Gasteiger partial charge on any atom is 0.497 e. The number of benzene rings is 2. The van der Waals surface area contributed by atoms with Crippen molar-refractivity contribution in [2.45, 2.75) is 155 Å². The predicted molar refractivity (Wildman–Crippen MR) is 334 cm³/mol. The number of carbonyl (C=O) groups excluding carboxylic acids is 1. The van der Waals surface area contributed by atoms with Gasteiger partial charge in [0, 0.05) is 97.6 Å². The molecule has 5 fully saturated rings. The van der Waals surface area contributed by atoms with E-state index < -0.39 is 5.60 Å². The summed E-state index contributed by atoms with van der Waals surface area (Å²) in [5.74, 6) is 11.0. The largest absolute Gasteiger partial charge is 0.497 e. The van der Waals surface area contributed by atoms with E-state index in [1.54, 1.807) is 0 Å². The number of aromatic amines is 2. The van der Waals surface area contributed by atoms with Gasteiger partial charge in [-0.25, -0.2) is 24.7 Å². The number of piperidine rings is 2. The summed E-state index contributed by atoms with van der Waals surface area (Å²) < 4.78 is 22.8. The molecule has 450 valence electrons. The fraction of sp³-hybridized carbons (Fsp3) is 0.508. The monoisotopic (exact) mass is 1220 g/mol. The van der Waals surface area contributed by atoms with Gasteiger partial charge >= 0.3 is 13.2 Å². The summed E-state index contributed by atoms with van der Waals surface area (Å²) in [5.41, 5.74) is 15.3. The minimum Gasteiger partial charge on any atom is -0.444 e. The van der Waals surface area contributed by atoms with Crippen LogP contribution in [0.4, 0.5) is 16.7 Å². The summed E-state index contributed by atoms with van der Waals surface area (Å²) >= 11 is 3.60. The Labute approximate surface area is 503 Å². The van der Waals surface area contributed by atoms with Gasteiger partial charge in [0.2, 0.25) is 11.9 Å². The lowest BCUT2D eigenvalue weighted by molar-refractivity contribution is 0.00578. The summed E-state index contributed by atoms with van der Waals surface area (Å²) in [4.78, 5) is 42.9. The number of ether oxygens (including phenoxy) is 1. The molecule has 0 unspecified atom stereocenters. The molecular formula is C59H80BBrN20O4. The Morgan fingerprint density at radius 1 is 0.718 bits per heavy atom. The molecule has 1 amide bonds. The van der Waals surface area contributed by atoms with Crippen molar-refractivity contribution >= 4 is 79.6 Å². The highest BCUT2D eigenvalue weighted by Crippen LogP contribution is 2.48. The maximum absolute atomic E-state index is 12.3. The van der Waals surface area contributed by atoms with Crippen LogP contribution in [-0.4, -0.2) is 107 Å². The second kappa shape index (κ2) is 24.8. The zero-order chi connectivity index (χ0) is 60.3. The molecule has 9 N–H and O–H groups in total. The van der Waals surface area contributed by atoms with E-state index in [0.717, 1.165) is 138 Å².